The Morgan fingerprint density at radius 3 is 2.27 bits per heavy atom. The van der Waals surface area contributed by atoms with Gasteiger partial charge in [-0.15, -0.1) is 0 Å². The normalized spacial score (nSPS) is 34.5. The third-order valence-electron chi connectivity index (χ3n) is 13.4. The molecule has 3 aromatic rings. The average molecular weight is 686 g/mol. The Kier molecular flexibility index (Phi) is 6.66. The van der Waals surface area contributed by atoms with Crippen molar-refractivity contribution in [3.05, 3.63) is 101 Å². The minimum atomic E-state index is -1.27. The van der Waals surface area contributed by atoms with Crippen LogP contribution in [0.1, 0.15) is 61.6 Å². The number of nitrogens with zero attached hydrogens (tertiary/aromatic N) is 3. The van der Waals surface area contributed by atoms with Crippen molar-refractivity contribution in [2.75, 3.05) is 36.8 Å². The fourth-order valence-electron chi connectivity index (χ4n) is 11.6. The van der Waals surface area contributed by atoms with Crippen LogP contribution in [0.5, 0.6) is 0 Å². The van der Waals surface area contributed by atoms with Gasteiger partial charge in [-0.1, -0.05) is 48.5 Å². The van der Waals surface area contributed by atoms with E-state index in [1.165, 1.54) is 12.1 Å². The first-order valence-electron chi connectivity index (χ1n) is 18.4. The Balaban J connectivity index is 1.09. The average Bonchev–Trinajstić information content (AvgIpc) is 3.96. The molecule has 0 aromatic heterocycles. The molecule has 10 heteroatoms. The molecule has 3 aromatic carbocycles. The predicted octanol–water partition coefficient (Wildman–Crippen LogP) is 5.04. The maximum Gasteiger partial charge on any atom is 0.250 e. The summed E-state index contributed by atoms with van der Waals surface area (Å²) in [5.41, 5.74) is 0.890. The van der Waals surface area contributed by atoms with E-state index < -0.39 is 16.5 Å². The summed E-state index contributed by atoms with van der Waals surface area (Å²) in [6, 6.07) is 21.7. The second kappa shape index (κ2) is 10.9. The SMILES string of the molecule is O=C(C[C@H]1C[C@H]2CCCN2[C@]12C(=O)Nc1ccccc12)N1C/C(=C\c2ccc(F)cc2)C(=O)[C@]2(C[C@H]3CCCN3[C@@]23C(=O)Nc2ccccc23)C1. The number of anilines is 2. The number of benzene rings is 3. The third-order valence-corrected chi connectivity index (χ3v) is 13.4. The smallest absolute Gasteiger partial charge is 0.250 e. The van der Waals surface area contributed by atoms with E-state index in [0.717, 1.165) is 55.5 Å². The summed E-state index contributed by atoms with van der Waals surface area (Å²) in [4.78, 5) is 65.3. The van der Waals surface area contributed by atoms with Gasteiger partial charge in [0.2, 0.25) is 11.8 Å². The Morgan fingerprint density at radius 2 is 1.49 bits per heavy atom. The first-order valence-corrected chi connectivity index (χ1v) is 18.4. The van der Waals surface area contributed by atoms with Gasteiger partial charge in [-0.05, 0) is 87.5 Å². The van der Waals surface area contributed by atoms with Crippen molar-refractivity contribution >= 4 is 41.0 Å². The minimum absolute atomic E-state index is 0.0111. The number of fused-ring (bicyclic) bond motifs is 9. The van der Waals surface area contributed by atoms with Gasteiger partial charge in [0.05, 0.1) is 5.41 Å². The number of Topliss-reactive ketones (excluding diaryl/α,β-unsaturated/α-hetero) is 1. The van der Waals surface area contributed by atoms with Gasteiger partial charge in [0, 0.05) is 65.6 Å². The number of ketones is 1. The van der Waals surface area contributed by atoms with E-state index in [9.17, 15) is 18.8 Å². The molecule has 9 nitrogen and oxygen atoms in total. The van der Waals surface area contributed by atoms with Crippen LogP contribution in [0.15, 0.2) is 78.4 Å². The number of para-hydroxylation sites is 2. The van der Waals surface area contributed by atoms with Gasteiger partial charge in [-0.2, -0.15) is 0 Å². The van der Waals surface area contributed by atoms with Crippen LogP contribution in [-0.4, -0.2) is 76.5 Å². The molecule has 2 N–H and O–H groups in total. The summed E-state index contributed by atoms with van der Waals surface area (Å²) >= 11 is 0. The Bertz CT molecular complexity index is 2070. The Labute approximate surface area is 295 Å². The van der Waals surface area contributed by atoms with Crippen molar-refractivity contribution in [3.63, 3.8) is 0 Å². The topological polar surface area (TPSA) is 102 Å². The van der Waals surface area contributed by atoms with Gasteiger partial charge < -0.3 is 15.5 Å². The van der Waals surface area contributed by atoms with E-state index in [4.69, 9.17) is 0 Å². The maximum atomic E-state index is 15.3. The number of nitrogens with one attached hydrogen (secondary N) is 2. The molecule has 0 bridgehead atoms. The molecular weight excluding hydrogens is 645 g/mol. The predicted molar refractivity (Wildman–Crippen MR) is 189 cm³/mol. The van der Waals surface area contributed by atoms with E-state index >= 15 is 4.79 Å². The lowest BCUT2D eigenvalue weighted by molar-refractivity contribution is -0.151. The minimum Gasteiger partial charge on any atom is -0.337 e. The van der Waals surface area contributed by atoms with Crippen LogP contribution in [0.4, 0.5) is 15.8 Å². The second-order valence-electron chi connectivity index (χ2n) is 15.7. The lowest BCUT2D eigenvalue weighted by Gasteiger charge is -2.50. The first-order chi connectivity index (χ1) is 24.8. The van der Waals surface area contributed by atoms with Crippen molar-refractivity contribution in [3.8, 4) is 0 Å². The lowest BCUT2D eigenvalue weighted by atomic mass is 9.60. The van der Waals surface area contributed by atoms with Crippen LogP contribution < -0.4 is 10.6 Å². The van der Waals surface area contributed by atoms with Gasteiger partial charge in [0.15, 0.2) is 5.78 Å². The van der Waals surface area contributed by atoms with Crippen LogP contribution >= 0.6 is 0 Å². The molecule has 0 aliphatic carbocycles. The van der Waals surface area contributed by atoms with Gasteiger partial charge in [-0.25, -0.2) is 4.39 Å². The zero-order valence-corrected chi connectivity index (χ0v) is 28.4. The summed E-state index contributed by atoms with van der Waals surface area (Å²) in [7, 11) is 0. The number of halogens is 1. The number of carbonyl (C=O) groups excluding carboxylic acids is 4. The molecule has 7 aliphatic rings. The number of rotatable bonds is 3. The second-order valence-corrected chi connectivity index (χ2v) is 15.7. The van der Waals surface area contributed by atoms with E-state index in [0.29, 0.717) is 29.8 Å². The van der Waals surface area contributed by atoms with Gasteiger partial charge in [0.1, 0.15) is 16.9 Å². The number of piperidine rings is 1. The molecule has 0 unspecified atom stereocenters. The number of amides is 3. The lowest BCUT2D eigenvalue weighted by Crippen LogP contribution is -2.65. The first kappa shape index (κ1) is 31.1. The summed E-state index contributed by atoms with van der Waals surface area (Å²) < 4.78 is 14.0. The quantitative estimate of drug-likeness (QED) is 0.375. The molecule has 3 spiro atoms. The van der Waals surface area contributed by atoms with Crippen molar-refractivity contribution < 1.29 is 23.6 Å². The number of hydrogen-bond donors (Lipinski definition) is 2. The molecule has 5 saturated heterocycles. The van der Waals surface area contributed by atoms with E-state index in [-0.39, 0.29) is 66.8 Å². The summed E-state index contributed by atoms with van der Waals surface area (Å²) in [5, 5.41) is 6.27. The monoisotopic (exact) mass is 685 g/mol. The fraction of sp³-hybridized carbons (Fsp3) is 0.415. The summed E-state index contributed by atoms with van der Waals surface area (Å²) in [6.07, 6.45) is 6.91. The van der Waals surface area contributed by atoms with E-state index in [1.807, 2.05) is 48.5 Å². The summed E-state index contributed by atoms with van der Waals surface area (Å²) in [6.45, 7) is 1.67. The Hall–Kier alpha value is -4.67. The van der Waals surface area contributed by atoms with Crippen LogP contribution in [0.2, 0.25) is 0 Å². The highest BCUT2D eigenvalue weighted by Crippen LogP contribution is 2.64. The standard InChI is InChI=1S/C41H40FN5O4/c42-28-15-13-25(14-16-28)19-26-23-45(35(48)21-27-20-29-7-5-17-46(29)40(27)31-9-1-3-11-33(31)43-37(40)50)24-39(36(26)49)22-30-8-6-18-47(30)41(39)32-10-2-4-12-34(32)44-38(41)51/h1-4,9-16,19,27,29-30H,5-8,17-18,20-24H2,(H,43,50)(H,44,51)/b26-19+/t27-,29-,30-,39+,40-,41+/m1/s1. The molecule has 7 aliphatic heterocycles. The van der Waals surface area contributed by atoms with Gasteiger partial charge in [0.25, 0.3) is 5.91 Å². The van der Waals surface area contributed by atoms with Crippen molar-refractivity contribution in [2.24, 2.45) is 11.3 Å². The molecule has 260 valence electrons. The fourth-order valence-corrected chi connectivity index (χ4v) is 11.6. The molecular formula is C41H40FN5O4. The van der Waals surface area contributed by atoms with Gasteiger partial charge in [-0.3, -0.25) is 29.0 Å². The van der Waals surface area contributed by atoms with E-state index in [2.05, 4.69) is 20.4 Å². The highest BCUT2D eigenvalue weighted by molar-refractivity contribution is 6.16. The van der Waals surface area contributed by atoms with Crippen molar-refractivity contribution in [2.45, 2.75) is 68.1 Å². The van der Waals surface area contributed by atoms with Crippen LogP contribution in [0, 0.1) is 17.2 Å². The van der Waals surface area contributed by atoms with Crippen molar-refractivity contribution in [1.82, 2.24) is 14.7 Å². The zero-order valence-electron chi connectivity index (χ0n) is 28.4. The van der Waals surface area contributed by atoms with Crippen molar-refractivity contribution in [1.29, 1.82) is 0 Å². The molecule has 0 radical (unpaired) electrons. The zero-order chi connectivity index (χ0) is 34.7. The molecule has 3 amide bonds. The Morgan fingerprint density at radius 1 is 0.824 bits per heavy atom. The highest BCUT2D eigenvalue weighted by Gasteiger charge is 2.75. The molecule has 0 saturated carbocycles. The maximum absolute atomic E-state index is 15.3. The molecule has 7 heterocycles. The summed E-state index contributed by atoms with van der Waals surface area (Å²) in [5.74, 6) is -1.16. The van der Waals surface area contributed by atoms with Crippen LogP contribution in [-0.2, 0) is 30.3 Å². The number of carbonyl (C=O) groups is 4. The molecule has 6 atom stereocenters. The molecule has 5 fully saturated rings. The third kappa shape index (κ3) is 3.97. The van der Waals surface area contributed by atoms with Crippen LogP contribution in [0.25, 0.3) is 6.08 Å². The molecule has 51 heavy (non-hydrogen) atoms. The van der Waals surface area contributed by atoms with Gasteiger partial charge >= 0.3 is 0 Å². The number of hydrogen-bond acceptors (Lipinski definition) is 6. The highest BCUT2D eigenvalue weighted by atomic mass is 19.1. The number of likely N-dealkylation sites (tertiary alicyclic amines) is 1. The molecule has 10 rings (SSSR count). The van der Waals surface area contributed by atoms with E-state index in [1.54, 1.807) is 23.1 Å². The largest absolute Gasteiger partial charge is 0.337 e. The van der Waals surface area contributed by atoms with Crippen LogP contribution in [0.3, 0.4) is 0 Å².